The van der Waals surface area contributed by atoms with E-state index in [9.17, 15) is 48.5 Å². The number of hydrogen-bond acceptors (Lipinski definition) is 21. The third-order valence-corrected chi connectivity index (χ3v) is 27.9. The van der Waals surface area contributed by atoms with Crippen LogP contribution in [0.2, 0.25) is 0 Å². The lowest BCUT2D eigenvalue weighted by Gasteiger charge is -2.19. The number of aliphatic imine (C=N–C) groups is 8. The Morgan fingerprint density at radius 2 is 0.631 bits per heavy atom. The molecule has 0 saturated heterocycles. The third kappa shape index (κ3) is 13.3. The second-order valence-electron chi connectivity index (χ2n) is 36.8. The monoisotopic (exact) mass is 1800 g/mol. The summed E-state index contributed by atoms with van der Waals surface area (Å²) in [6, 6.07) is 60.0. The highest BCUT2D eigenvalue weighted by Gasteiger charge is 2.60. The molecule has 10 heterocycles. The summed E-state index contributed by atoms with van der Waals surface area (Å²) in [6.07, 6.45) is 0.340. The zero-order valence-corrected chi connectivity index (χ0v) is 75.0. The van der Waals surface area contributed by atoms with Gasteiger partial charge in [0.25, 0.3) is 56.8 Å². The zero-order valence-electron chi connectivity index (χ0n) is 71.8. The molecule has 23 rings (SSSR count). The van der Waals surface area contributed by atoms with Crippen molar-refractivity contribution < 1.29 is 80.6 Å². The maximum absolute atomic E-state index is 13.6. The lowest BCUT2D eigenvalue weighted by atomic mass is 9.85. The van der Waals surface area contributed by atoms with E-state index in [4.69, 9.17) is 65.5 Å². The van der Waals surface area contributed by atoms with Gasteiger partial charge in [-0.15, -0.1) is 0 Å². The molecule has 26 nitrogen and oxygen atoms in total. The van der Waals surface area contributed by atoms with E-state index in [0.717, 1.165) is 89.0 Å². The SMILES string of the molecule is CC(C)(C)c1ccc2cc3c(cc2c1)C1=NC2=[N+]4B(Cl)[N+]5=C(N=C4c4cc6cc(C(C)(C)C)ccc6cc42)c2cc4ccc(C(C)(C)C)cc4cc2C5=NC3=N1.CCCOC(=O)c1cc(OB2[N+]3=C4N=C5N=C(N=C6c7cc8ccc(S(=O)(=O)[O-])cc8cc7C(=[N+]26)N=C3c2cc3ccc(S(=O)(=O)[O-])cc3cc24)c2cc3ccc(S(=O)(=O)O)cc3cc25)cc(C(=O)OCCC)c1. The Bertz CT molecular complexity index is 8420. The Kier molecular flexibility index (Phi) is 18.1. The van der Waals surface area contributed by atoms with E-state index >= 15 is 0 Å². The predicted octanol–water partition coefficient (Wildman–Crippen LogP) is 15.6. The summed E-state index contributed by atoms with van der Waals surface area (Å²) in [4.78, 5) is 68.2. The van der Waals surface area contributed by atoms with Gasteiger partial charge in [0.05, 0.1) is 106 Å². The minimum atomic E-state index is -4.91. The molecule has 10 aliphatic heterocycles. The molecule has 0 saturated carbocycles. The molecule has 0 fully saturated rings. The molecule has 32 heteroatoms. The molecule has 8 bridgehead atoms. The van der Waals surface area contributed by atoms with Gasteiger partial charge in [0.2, 0.25) is 23.3 Å². The van der Waals surface area contributed by atoms with E-state index in [0.29, 0.717) is 90.2 Å². The van der Waals surface area contributed by atoms with Crippen molar-refractivity contribution in [2.24, 2.45) is 39.9 Å². The van der Waals surface area contributed by atoms with Crippen LogP contribution in [0.1, 0.15) is 193 Å². The molecule has 0 aliphatic carbocycles. The zero-order chi connectivity index (χ0) is 90.5. The Labute approximate surface area is 751 Å². The van der Waals surface area contributed by atoms with Gasteiger partial charge in [-0.2, -0.15) is 18.4 Å². The summed E-state index contributed by atoms with van der Waals surface area (Å²) in [5.74, 6) is 3.71. The fraction of sp³-hybridized carbons (Fsp3) is 0.184. The number of carbonyl (C=O) groups is 2. The van der Waals surface area contributed by atoms with Crippen LogP contribution in [-0.4, -0.2) is 166 Å². The summed E-state index contributed by atoms with van der Waals surface area (Å²) in [5, 5.41) is 9.54. The minimum absolute atomic E-state index is 0.0111. The van der Waals surface area contributed by atoms with E-state index in [1.54, 1.807) is 45.4 Å². The molecule has 13 aromatic carbocycles. The molecule has 0 radical (unpaired) electrons. The van der Waals surface area contributed by atoms with Gasteiger partial charge in [-0.1, -0.05) is 190 Å². The molecular weight excluding hydrogens is 1720 g/mol. The van der Waals surface area contributed by atoms with Crippen molar-refractivity contribution >= 4 is 202 Å². The number of halogens is 1. The molecule has 0 unspecified atom stereocenters. The summed E-state index contributed by atoms with van der Waals surface area (Å²) >= 11 is 7.77. The van der Waals surface area contributed by atoms with Crippen molar-refractivity contribution in [2.75, 3.05) is 13.2 Å². The Morgan fingerprint density at radius 1 is 0.346 bits per heavy atom. The standard InChI is InChI=1S/C50H33BN6O14S3.C48H42BClN6/c1-3-11-69-49(58)31-13-32(50(59)70-12-4-2)15-33(14-31)71-51-56-45-39-20-26-6-9-36(74(66,67)68)18-30(26)24-42(39)48(56)55-47-40-21-27-7-10-35(73(63,64)65)17-29(27)23-41(40)46(57(47)51)54-44-38-22-28-16-34(72(60,61)62)8-5-25(28)19-37(38)43(52-44)53-45;1-46(2,3)31-13-10-25-19-34-35(22-28(25)16-31)41-51-40(34)52-43-38-23-29-17-32(47(4,5)6)15-12-27(29)21-37(38)44-54-45-39-24-30-18-33(48(7,8)9)14-11-26(30)20-36(39)42(53-41)55(45)49(50)56(43)44/h5-10,13-24H,3-4,11-12H2,1-2H3,(H-2,60,61,62,63,64,65,66,67,68);10-24H,1-9H3/q;+2. The second kappa shape index (κ2) is 28.7. The van der Waals surface area contributed by atoms with Crippen LogP contribution in [0.4, 0.5) is 0 Å². The first-order valence-corrected chi connectivity index (χ1v) is 47.0. The van der Waals surface area contributed by atoms with Crippen LogP contribution in [0, 0.1) is 0 Å². The van der Waals surface area contributed by atoms with Gasteiger partial charge in [-0.05, 0) is 238 Å². The number of benzene rings is 13. The van der Waals surface area contributed by atoms with Crippen molar-refractivity contribution in [3.05, 3.63) is 295 Å². The minimum Gasteiger partial charge on any atom is -0.744 e. The first kappa shape index (κ1) is 82.1. The number of hydrogen-bond donors (Lipinski definition) is 1. The van der Waals surface area contributed by atoms with Crippen molar-refractivity contribution in [1.82, 2.24) is 0 Å². The van der Waals surface area contributed by atoms with Gasteiger partial charge in [-0.3, -0.25) is 4.55 Å². The maximum Gasteiger partial charge on any atom is 0.801 e. The largest absolute Gasteiger partial charge is 0.801 e. The molecule has 130 heavy (non-hydrogen) atoms. The molecular formula is C98H75B2ClN12O14S3+2. The molecule has 0 spiro atoms. The molecule has 1 N–H and O–H groups in total. The lowest BCUT2D eigenvalue weighted by molar-refractivity contribution is -0.417. The van der Waals surface area contributed by atoms with Crippen LogP contribution >= 0.6 is 11.5 Å². The normalized spacial score (nSPS) is 16.1. The van der Waals surface area contributed by atoms with Gasteiger partial charge in [0.15, 0.2) is 0 Å². The van der Waals surface area contributed by atoms with Crippen LogP contribution in [0.5, 0.6) is 5.75 Å². The second-order valence-corrected chi connectivity index (χ2v) is 41.3. The maximum atomic E-state index is 13.6. The first-order chi connectivity index (χ1) is 61.8. The highest BCUT2D eigenvalue weighted by atomic mass is 35.5. The molecule has 0 atom stereocenters. The summed E-state index contributed by atoms with van der Waals surface area (Å²) < 4.78 is 134. The molecule has 10 aliphatic rings. The van der Waals surface area contributed by atoms with Gasteiger partial charge < -0.3 is 23.2 Å². The fourth-order valence-electron chi connectivity index (χ4n) is 18.3. The van der Waals surface area contributed by atoms with Crippen molar-refractivity contribution in [2.45, 2.75) is 120 Å². The van der Waals surface area contributed by atoms with Gasteiger partial charge >= 0.3 is 25.5 Å². The number of amidine groups is 12. The van der Waals surface area contributed by atoms with Gasteiger partial charge in [0, 0.05) is 0 Å². The van der Waals surface area contributed by atoms with E-state index in [1.165, 1.54) is 89.5 Å². The number of fused-ring (bicyclic) bond motifs is 26. The van der Waals surface area contributed by atoms with Crippen molar-refractivity contribution in [3.63, 3.8) is 0 Å². The van der Waals surface area contributed by atoms with Crippen LogP contribution in [-0.2, 0) is 56.1 Å². The first-order valence-electron chi connectivity index (χ1n) is 42.3. The Hall–Kier alpha value is -13.7. The average molecular weight is 1800 g/mol. The summed E-state index contributed by atoms with van der Waals surface area (Å²) in [5.41, 5.74) is 12.2. The van der Waals surface area contributed by atoms with E-state index in [2.05, 4.69) is 162 Å². The third-order valence-electron chi connectivity index (χ3n) is 25.0. The molecule has 0 amide bonds. The number of carbonyl (C=O) groups excluding carboxylic acids is 2. The quantitative estimate of drug-likeness (QED) is 0.0715. The predicted molar refractivity (Wildman–Crippen MR) is 501 cm³/mol. The number of esters is 2. The van der Waals surface area contributed by atoms with E-state index in [1.807, 2.05) is 13.8 Å². The highest BCUT2D eigenvalue weighted by Crippen LogP contribution is 2.44. The average Bonchev–Trinajstić information content (AvgIpc) is 1.56. The van der Waals surface area contributed by atoms with E-state index < -0.39 is 65.7 Å². The topological polar surface area (TPSA) is 342 Å². The summed E-state index contributed by atoms with van der Waals surface area (Å²) in [7, 11) is -15.9. The van der Waals surface area contributed by atoms with E-state index in [-0.39, 0.29) is 86.2 Å². The van der Waals surface area contributed by atoms with Crippen LogP contribution in [0.3, 0.4) is 0 Å². The van der Waals surface area contributed by atoms with Crippen LogP contribution < -0.4 is 4.65 Å². The van der Waals surface area contributed by atoms with Crippen LogP contribution in [0.25, 0.3) is 64.6 Å². The number of ether oxygens (including phenoxy) is 2. The fourth-order valence-corrected chi connectivity index (χ4v) is 20.2. The van der Waals surface area contributed by atoms with Gasteiger partial charge in [0.1, 0.15) is 26.0 Å². The van der Waals surface area contributed by atoms with Gasteiger partial charge in [-0.25, -0.2) is 44.4 Å². The summed E-state index contributed by atoms with van der Waals surface area (Å²) in [6.45, 7) is 24.1. The van der Waals surface area contributed by atoms with Crippen LogP contribution in [0.15, 0.2) is 255 Å². The molecule has 0 aromatic heterocycles. The van der Waals surface area contributed by atoms with Crippen molar-refractivity contribution in [3.8, 4) is 5.75 Å². The smallest absolute Gasteiger partial charge is 0.744 e. The Balaban J connectivity index is 0.000000158. The van der Waals surface area contributed by atoms with Crippen molar-refractivity contribution in [1.29, 1.82) is 0 Å². The molecule has 13 aromatic rings. The highest BCUT2D eigenvalue weighted by molar-refractivity contribution is 7.86. The Morgan fingerprint density at radius 3 is 1.01 bits per heavy atom. The molecule has 640 valence electrons. The number of nitrogens with zero attached hydrogens (tertiary/aromatic N) is 12. The lowest BCUT2D eigenvalue weighted by Crippen LogP contribution is -2.55. The number of rotatable bonds is 11.